The van der Waals surface area contributed by atoms with Gasteiger partial charge in [0.15, 0.2) is 0 Å². The highest BCUT2D eigenvalue weighted by atomic mass is 16.5. The third kappa shape index (κ3) is 47.2. The first-order chi connectivity index (χ1) is 18.8. The maximum atomic E-state index is 5.10. The highest BCUT2D eigenvalue weighted by Gasteiger charge is 1.95. The molecule has 0 fully saturated rings. The lowest BCUT2D eigenvalue weighted by atomic mass is 10.0. The smallest absolute Gasteiger partial charge is 0.0873 e. The molecule has 0 aromatic heterocycles. The molecule has 3 nitrogen and oxygen atoms in total. The first kappa shape index (κ1) is 42.5. The molecule has 2 N–H and O–H groups in total. The van der Waals surface area contributed by atoms with Crippen LogP contribution >= 0.6 is 0 Å². The summed E-state index contributed by atoms with van der Waals surface area (Å²) in [4.78, 5) is 0. The molecule has 0 rings (SSSR count). The Kier molecular flexibility index (Phi) is 48.0. The van der Waals surface area contributed by atoms with E-state index in [4.69, 9.17) is 9.47 Å². The second-order valence-electron chi connectivity index (χ2n) is 11.3. The first-order valence-corrected chi connectivity index (χ1v) is 17.3. The van der Waals surface area contributed by atoms with Crippen LogP contribution in [0.5, 0.6) is 0 Å². The minimum Gasteiger partial charge on any atom is -0.502 e. The van der Waals surface area contributed by atoms with Crippen LogP contribution in [0.2, 0.25) is 0 Å². The highest BCUT2D eigenvalue weighted by molar-refractivity contribution is 4.53. The van der Waals surface area contributed by atoms with Crippen LogP contribution in [0.3, 0.4) is 0 Å². The van der Waals surface area contributed by atoms with Crippen LogP contribution in [0.15, 0.2) is 25.7 Å². The normalized spacial score (nSPS) is 10.3. The molecule has 3 heteroatoms. The summed E-state index contributed by atoms with van der Waals surface area (Å²) in [5.41, 5.74) is 0. The number of ether oxygens (including phenoxy) is 2. The number of hydrogen-bond acceptors (Lipinski definition) is 2. The standard InChI is InChI=1S/2C18H36O.H2O/c2*1-3-5-6-7-8-9-10-11-12-13-14-15-16-17-18-19-4-2;/h2*4H,2-3,5-18H2,1H3;1H2. The van der Waals surface area contributed by atoms with Crippen molar-refractivity contribution in [2.24, 2.45) is 0 Å². The largest absolute Gasteiger partial charge is 0.502 e. The summed E-state index contributed by atoms with van der Waals surface area (Å²) in [5, 5.41) is 0. The molecular formula is C36H74O3. The van der Waals surface area contributed by atoms with Gasteiger partial charge in [-0.15, -0.1) is 0 Å². The molecule has 0 bridgehead atoms. The molecule has 0 atom stereocenters. The molecule has 0 unspecified atom stereocenters. The Morgan fingerprint density at radius 2 is 0.513 bits per heavy atom. The zero-order valence-electron chi connectivity index (χ0n) is 27.1. The van der Waals surface area contributed by atoms with Gasteiger partial charge in [0.1, 0.15) is 0 Å². The van der Waals surface area contributed by atoms with Crippen LogP contribution in [0, 0.1) is 0 Å². The Balaban J connectivity index is -0.000000648. The van der Waals surface area contributed by atoms with Gasteiger partial charge in [-0.1, -0.05) is 194 Å². The van der Waals surface area contributed by atoms with Crippen LogP contribution in [-0.2, 0) is 9.47 Å². The summed E-state index contributed by atoms with van der Waals surface area (Å²) in [5.74, 6) is 0. The number of hydrogen-bond donors (Lipinski definition) is 0. The second-order valence-corrected chi connectivity index (χ2v) is 11.3. The average molecular weight is 555 g/mol. The maximum absolute atomic E-state index is 5.10. The van der Waals surface area contributed by atoms with Gasteiger partial charge in [0.25, 0.3) is 0 Å². The van der Waals surface area contributed by atoms with Crippen LogP contribution in [0.1, 0.15) is 194 Å². The van der Waals surface area contributed by atoms with E-state index in [0.717, 1.165) is 13.2 Å². The summed E-state index contributed by atoms with van der Waals surface area (Å²) >= 11 is 0. The minimum absolute atomic E-state index is 0. The van der Waals surface area contributed by atoms with Crippen molar-refractivity contribution in [3.8, 4) is 0 Å². The van der Waals surface area contributed by atoms with Crippen molar-refractivity contribution < 1.29 is 14.9 Å². The van der Waals surface area contributed by atoms with Crippen LogP contribution in [-0.4, -0.2) is 18.7 Å². The maximum Gasteiger partial charge on any atom is 0.0873 e. The highest BCUT2D eigenvalue weighted by Crippen LogP contribution is 2.14. The van der Waals surface area contributed by atoms with Gasteiger partial charge < -0.3 is 14.9 Å². The number of unbranched alkanes of at least 4 members (excludes halogenated alkanes) is 26. The van der Waals surface area contributed by atoms with E-state index in [0.29, 0.717) is 0 Å². The van der Waals surface area contributed by atoms with E-state index in [1.54, 1.807) is 12.5 Å². The molecule has 0 radical (unpaired) electrons. The van der Waals surface area contributed by atoms with Gasteiger partial charge in [-0.3, -0.25) is 0 Å². The summed E-state index contributed by atoms with van der Waals surface area (Å²) in [6, 6.07) is 0. The molecular weight excluding hydrogens is 480 g/mol. The van der Waals surface area contributed by atoms with Crippen LogP contribution in [0.4, 0.5) is 0 Å². The second kappa shape index (κ2) is 44.1. The predicted molar refractivity (Wildman–Crippen MR) is 177 cm³/mol. The minimum atomic E-state index is 0. The molecule has 0 aliphatic rings. The van der Waals surface area contributed by atoms with E-state index >= 15 is 0 Å². The van der Waals surface area contributed by atoms with Gasteiger partial charge >= 0.3 is 0 Å². The van der Waals surface area contributed by atoms with E-state index in [9.17, 15) is 0 Å². The van der Waals surface area contributed by atoms with E-state index in [2.05, 4.69) is 27.0 Å². The van der Waals surface area contributed by atoms with Gasteiger partial charge in [0.05, 0.1) is 25.7 Å². The Morgan fingerprint density at radius 1 is 0.333 bits per heavy atom. The van der Waals surface area contributed by atoms with Gasteiger partial charge in [0.2, 0.25) is 0 Å². The zero-order valence-corrected chi connectivity index (χ0v) is 27.1. The fourth-order valence-corrected chi connectivity index (χ4v) is 4.93. The Bertz CT molecular complexity index is 372. The molecule has 0 spiro atoms. The lowest BCUT2D eigenvalue weighted by molar-refractivity contribution is 0.241. The van der Waals surface area contributed by atoms with Crippen LogP contribution in [0.25, 0.3) is 0 Å². The van der Waals surface area contributed by atoms with Crippen molar-refractivity contribution >= 4 is 0 Å². The van der Waals surface area contributed by atoms with E-state index in [-0.39, 0.29) is 5.48 Å². The fraction of sp³-hybridized carbons (Fsp3) is 0.889. The van der Waals surface area contributed by atoms with Crippen molar-refractivity contribution in [1.82, 2.24) is 0 Å². The Hall–Kier alpha value is -0.960. The lowest BCUT2D eigenvalue weighted by Gasteiger charge is -2.03. The van der Waals surface area contributed by atoms with E-state index in [1.165, 1.54) is 180 Å². The van der Waals surface area contributed by atoms with Crippen molar-refractivity contribution in [1.29, 1.82) is 0 Å². The molecule has 0 aromatic carbocycles. The lowest BCUT2D eigenvalue weighted by Crippen LogP contribution is -1.87. The van der Waals surface area contributed by atoms with Crippen molar-refractivity contribution in [2.45, 2.75) is 194 Å². The fourth-order valence-electron chi connectivity index (χ4n) is 4.93. The van der Waals surface area contributed by atoms with Gasteiger partial charge in [-0.25, -0.2) is 0 Å². The molecule has 0 saturated heterocycles. The monoisotopic (exact) mass is 555 g/mol. The van der Waals surface area contributed by atoms with Crippen molar-refractivity contribution in [3.63, 3.8) is 0 Å². The molecule has 0 aromatic rings. The third-order valence-electron chi connectivity index (χ3n) is 7.47. The average Bonchev–Trinajstić information content (AvgIpc) is 2.93. The molecule has 0 heterocycles. The summed E-state index contributed by atoms with van der Waals surface area (Å²) in [6.45, 7) is 13.3. The third-order valence-corrected chi connectivity index (χ3v) is 7.47. The van der Waals surface area contributed by atoms with E-state index < -0.39 is 0 Å². The molecule has 39 heavy (non-hydrogen) atoms. The SMILES string of the molecule is C=COCCCCCCCCCCCCCCCC.C=COCCCCCCCCCCCCCCCC.O. The predicted octanol–water partition coefficient (Wildman–Crippen LogP) is 12.4. The van der Waals surface area contributed by atoms with Crippen LogP contribution < -0.4 is 0 Å². The summed E-state index contributed by atoms with van der Waals surface area (Å²) in [7, 11) is 0. The molecule has 0 amide bonds. The Labute approximate surface area is 247 Å². The molecule has 0 saturated carbocycles. The Morgan fingerprint density at radius 3 is 0.692 bits per heavy atom. The quantitative estimate of drug-likeness (QED) is 0.0613. The van der Waals surface area contributed by atoms with Crippen molar-refractivity contribution in [2.75, 3.05) is 13.2 Å². The molecule has 0 aliphatic carbocycles. The molecule has 236 valence electrons. The summed E-state index contributed by atoms with van der Waals surface area (Å²) in [6.07, 6.45) is 42.4. The summed E-state index contributed by atoms with van der Waals surface area (Å²) < 4.78 is 10.2. The van der Waals surface area contributed by atoms with Gasteiger partial charge in [-0.2, -0.15) is 0 Å². The van der Waals surface area contributed by atoms with Gasteiger partial charge in [0, 0.05) is 0 Å². The van der Waals surface area contributed by atoms with E-state index in [1.807, 2.05) is 0 Å². The van der Waals surface area contributed by atoms with Gasteiger partial charge in [-0.05, 0) is 12.8 Å². The first-order valence-electron chi connectivity index (χ1n) is 17.3. The zero-order chi connectivity index (χ0) is 28.0. The van der Waals surface area contributed by atoms with Crippen molar-refractivity contribution in [3.05, 3.63) is 25.7 Å². The molecule has 0 aliphatic heterocycles. The topological polar surface area (TPSA) is 50.0 Å². The number of rotatable bonds is 32.